The van der Waals surface area contributed by atoms with E-state index in [1.54, 1.807) is 6.20 Å². The van der Waals surface area contributed by atoms with Gasteiger partial charge < -0.3 is 11.1 Å². The Bertz CT molecular complexity index is 546. The second-order valence-corrected chi connectivity index (χ2v) is 5.03. The Balaban J connectivity index is 1.93. The van der Waals surface area contributed by atoms with Gasteiger partial charge in [-0.1, -0.05) is 31.2 Å². The summed E-state index contributed by atoms with van der Waals surface area (Å²) in [7, 11) is 0. The summed E-state index contributed by atoms with van der Waals surface area (Å²) in [6.07, 6.45) is 1.72. The summed E-state index contributed by atoms with van der Waals surface area (Å²) in [5.74, 6) is -0.197. The highest BCUT2D eigenvalue weighted by atomic mass is 16.1. The number of carbonyl (C=O) groups is 1. The van der Waals surface area contributed by atoms with Crippen LogP contribution in [0.3, 0.4) is 0 Å². The minimum Gasteiger partial charge on any atom is -0.352 e. The predicted octanol–water partition coefficient (Wildman–Crippen LogP) is 1.68. The molecule has 0 spiro atoms. The molecule has 0 saturated heterocycles. The van der Waals surface area contributed by atoms with Gasteiger partial charge >= 0.3 is 0 Å². The fourth-order valence-electron chi connectivity index (χ4n) is 1.81. The first-order valence-electron chi connectivity index (χ1n) is 6.70. The second-order valence-electron chi connectivity index (χ2n) is 5.03. The van der Waals surface area contributed by atoms with Crippen LogP contribution in [0.1, 0.15) is 19.4 Å². The van der Waals surface area contributed by atoms with Crippen molar-refractivity contribution in [2.45, 2.75) is 26.4 Å². The molecule has 0 bridgehead atoms. The maximum absolute atomic E-state index is 11.8. The van der Waals surface area contributed by atoms with Gasteiger partial charge in [-0.15, -0.1) is 0 Å². The van der Waals surface area contributed by atoms with Crippen LogP contribution in [-0.4, -0.2) is 22.1 Å². The number of rotatable bonds is 5. The van der Waals surface area contributed by atoms with E-state index < -0.39 is 0 Å². The quantitative estimate of drug-likeness (QED) is 0.774. The van der Waals surface area contributed by atoms with E-state index in [0.29, 0.717) is 6.54 Å². The monoisotopic (exact) mass is 272 g/mol. The highest BCUT2D eigenvalue weighted by Crippen LogP contribution is 2.16. The van der Waals surface area contributed by atoms with Gasteiger partial charge in [0.1, 0.15) is 0 Å². The molecule has 1 aromatic heterocycles. The highest BCUT2D eigenvalue weighted by Gasteiger charge is 2.16. The zero-order valence-electron chi connectivity index (χ0n) is 11.8. The van der Waals surface area contributed by atoms with Crippen molar-refractivity contribution in [3.8, 4) is 11.3 Å². The van der Waals surface area contributed by atoms with Crippen molar-refractivity contribution in [2.75, 3.05) is 0 Å². The van der Waals surface area contributed by atoms with Gasteiger partial charge in [0.15, 0.2) is 0 Å². The van der Waals surface area contributed by atoms with Gasteiger partial charge in [-0.05, 0) is 24.1 Å². The van der Waals surface area contributed by atoms with E-state index in [1.165, 1.54) is 0 Å². The van der Waals surface area contributed by atoms with Crippen molar-refractivity contribution in [2.24, 2.45) is 11.7 Å². The van der Waals surface area contributed by atoms with Crippen molar-refractivity contribution < 1.29 is 4.79 Å². The molecule has 0 aliphatic rings. The van der Waals surface area contributed by atoms with Crippen LogP contribution in [0.5, 0.6) is 0 Å². The number of H-pyrrole nitrogens is 1. The molecule has 2 rings (SSSR count). The fourth-order valence-corrected chi connectivity index (χ4v) is 1.81. The summed E-state index contributed by atoms with van der Waals surface area (Å²) >= 11 is 0. The third-order valence-corrected chi connectivity index (χ3v) is 3.43. The van der Waals surface area contributed by atoms with E-state index in [9.17, 15) is 4.79 Å². The first-order valence-corrected chi connectivity index (χ1v) is 6.70. The summed E-state index contributed by atoms with van der Waals surface area (Å²) in [6.45, 7) is 4.18. The average Bonchev–Trinajstić information content (AvgIpc) is 2.98. The summed E-state index contributed by atoms with van der Waals surface area (Å²) in [5, 5.41) is 9.73. The van der Waals surface area contributed by atoms with Crippen LogP contribution in [0, 0.1) is 5.92 Å². The lowest BCUT2D eigenvalue weighted by atomic mass is 10.0. The van der Waals surface area contributed by atoms with Crippen LogP contribution >= 0.6 is 0 Å². The number of nitrogens with two attached hydrogens (primary N) is 1. The molecule has 0 aliphatic heterocycles. The molecule has 2 atom stereocenters. The lowest BCUT2D eigenvalue weighted by Gasteiger charge is -2.15. The number of nitrogens with one attached hydrogen (secondary N) is 2. The number of nitrogens with zero attached hydrogens (tertiary/aromatic N) is 1. The lowest BCUT2D eigenvalue weighted by Crippen LogP contribution is -2.38. The second kappa shape index (κ2) is 6.34. The molecule has 1 heterocycles. The molecule has 0 fully saturated rings. The van der Waals surface area contributed by atoms with Gasteiger partial charge in [-0.3, -0.25) is 9.89 Å². The molecule has 106 valence electrons. The van der Waals surface area contributed by atoms with E-state index >= 15 is 0 Å². The number of hydrogen-bond donors (Lipinski definition) is 3. The van der Waals surface area contributed by atoms with E-state index in [-0.39, 0.29) is 17.9 Å². The molecular formula is C15H20N4O. The molecular weight excluding hydrogens is 252 g/mol. The van der Waals surface area contributed by atoms with Gasteiger partial charge in [0.2, 0.25) is 5.91 Å². The fraction of sp³-hybridized carbons (Fsp3) is 0.333. The van der Waals surface area contributed by atoms with E-state index in [1.807, 2.05) is 44.2 Å². The van der Waals surface area contributed by atoms with Crippen LogP contribution in [-0.2, 0) is 11.3 Å². The molecule has 5 heteroatoms. The molecule has 1 aromatic carbocycles. The number of carbonyl (C=O) groups excluding carboxylic acids is 1. The average molecular weight is 272 g/mol. The Hall–Kier alpha value is -2.14. The van der Waals surface area contributed by atoms with Crippen LogP contribution < -0.4 is 11.1 Å². The van der Waals surface area contributed by atoms with E-state index in [2.05, 4.69) is 15.5 Å². The minimum atomic E-state index is -0.181. The number of hydrogen-bond acceptors (Lipinski definition) is 3. The van der Waals surface area contributed by atoms with E-state index in [0.717, 1.165) is 16.8 Å². The van der Waals surface area contributed by atoms with Crippen LogP contribution in [0.4, 0.5) is 0 Å². The molecule has 0 aliphatic carbocycles. The maximum atomic E-state index is 11.8. The lowest BCUT2D eigenvalue weighted by molar-refractivity contribution is -0.125. The Labute approximate surface area is 118 Å². The van der Waals surface area contributed by atoms with Gasteiger partial charge in [0.25, 0.3) is 0 Å². The number of amides is 1. The van der Waals surface area contributed by atoms with Crippen LogP contribution in [0.15, 0.2) is 36.5 Å². The Morgan fingerprint density at radius 3 is 2.55 bits per heavy atom. The first-order chi connectivity index (χ1) is 9.58. The predicted molar refractivity (Wildman–Crippen MR) is 78.7 cm³/mol. The molecule has 1 amide bonds. The molecule has 0 radical (unpaired) electrons. The van der Waals surface area contributed by atoms with Crippen LogP contribution in [0.2, 0.25) is 0 Å². The molecule has 5 nitrogen and oxygen atoms in total. The minimum absolute atomic E-state index is 0.0161. The third kappa shape index (κ3) is 3.45. The third-order valence-electron chi connectivity index (χ3n) is 3.43. The number of benzene rings is 1. The van der Waals surface area contributed by atoms with Crippen molar-refractivity contribution >= 4 is 5.91 Å². The standard InChI is InChI=1S/C15H20N4O/c1-10(11(2)16)15(20)17-9-12-3-5-13(6-4-12)14-7-8-18-19-14/h3-8,10-11H,9,16H2,1-2H3,(H,17,20)(H,18,19). The zero-order chi connectivity index (χ0) is 14.5. The van der Waals surface area contributed by atoms with Gasteiger partial charge in [0, 0.05) is 24.7 Å². The van der Waals surface area contributed by atoms with E-state index in [4.69, 9.17) is 5.73 Å². The summed E-state index contributed by atoms with van der Waals surface area (Å²) in [5.41, 5.74) is 8.81. The molecule has 2 unspecified atom stereocenters. The number of aromatic amines is 1. The largest absolute Gasteiger partial charge is 0.352 e. The van der Waals surface area contributed by atoms with Crippen molar-refractivity contribution in [3.05, 3.63) is 42.1 Å². The Morgan fingerprint density at radius 2 is 2.00 bits per heavy atom. The highest BCUT2D eigenvalue weighted by molar-refractivity contribution is 5.78. The maximum Gasteiger partial charge on any atom is 0.224 e. The first kappa shape index (κ1) is 14.3. The normalized spacial score (nSPS) is 13.8. The van der Waals surface area contributed by atoms with Crippen molar-refractivity contribution in [3.63, 3.8) is 0 Å². The molecule has 4 N–H and O–H groups in total. The zero-order valence-corrected chi connectivity index (χ0v) is 11.8. The Morgan fingerprint density at radius 1 is 1.30 bits per heavy atom. The van der Waals surface area contributed by atoms with Crippen molar-refractivity contribution in [1.29, 1.82) is 0 Å². The summed E-state index contributed by atoms with van der Waals surface area (Å²) in [6, 6.07) is 9.77. The van der Waals surface area contributed by atoms with Gasteiger partial charge in [0.05, 0.1) is 5.69 Å². The van der Waals surface area contributed by atoms with Gasteiger partial charge in [-0.25, -0.2) is 0 Å². The summed E-state index contributed by atoms with van der Waals surface area (Å²) in [4.78, 5) is 11.8. The molecule has 20 heavy (non-hydrogen) atoms. The topological polar surface area (TPSA) is 83.8 Å². The smallest absolute Gasteiger partial charge is 0.224 e. The van der Waals surface area contributed by atoms with Crippen LogP contribution in [0.25, 0.3) is 11.3 Å². The van der Waals surface area contributed by atoms with Gasteiger partial charge in [-0.2, -0.15) is 5.10 Å². The molecule has 0 saturated carbocycles. The molecule has 2 aromatic rings. The SMILES string of the molecule is CC(N)C(C)C(=O)NCc1ccc(-c2ccn[nH]2)cc1. The number of aromatic nitrogens is 2. The summed E-state index contributed by atoms with van der Waals surface area (Å²) < 4.78 is 0. The Kier molecular flexibility index (Phi) is 4.53. The van der Waals surface area contributed by atoms with Crippen molar-refractivity contribution in [1.82, 2.24) is 15.5 Å².